The van der Waals surface area contributed by atoms with Crippen LogP contribution in [0, 0.1) is 0 Å². The molecule has 0 spiro atoms. The summed E-state index contributed by atoms with van der Waals surface area (Å²) < 4.78 is 5.49. The number of halogens is 3. The third-order valence-corrected chi connectivity index (χ3v) is 3.39. The first-order chi connectivity index (χ1) is 9.92. The molecule has 0 saturated heterocycles. The lowest BCUT2D eigenvalue weighted by Gasteiger charge is -2.12. The molecule has 0 aliphatic carbocycles. The lowest BCUT2D eigenvalue weighted by Crippen LogP contribution is -2.13. The molecule has 0 atom stereocenters. The van der Waals surface area contributed by atoms with E-state index in [4.69, 9.17) is 50.5 Å². The van der Waals surface area contributed by atoms with Crippen molar-refractivity contribution in [3.8, 4) is 17.2 Å². The molecule has 0 saturated carbocycles. The van der Waals surface area contributed by atoms with E-state index in [-0.39, 0.29) is 38.7 Å². The van der Waals surface area contributed by atoms with Crippen LogP contribution in [-0.2, 0) is 0 Å². The number of aromatic hydroxyl groups is 1. The zero-order valence-corrected chi connectivity index (χ0v) is 12.6. The predicted molar refractivity (Wildman–Crippen MR) is 82.2 cm³/mol. The fraction of sp³-hybridized carbons (Fsp3) is 0. The minimum Gasteiger partial charge on any atom is -0.504 e. The first kappa shape index (κ1) is 15.6. The van der Waals surface area contributed by atoms with Gasteiger partial charge in [-0.1, -0.05) is 40.0 Å². The van der Waals surface area contributed by atoms with Crippen LogP contribution in [0.5, 0.6) is 17.2 Å². The Balaban J connectivity index is 2.44. The molecule has 0 bridgehead atoms. The van der Waals surface area contributed by atoms with Gasteiger partial charge in [-0.25, -0.2) is 0 Å². The van der Waals surface area contributed by atoms with E-state index in [1.54, 1.807) is 12.1 Å². The molecule has 2 aromatic rings. The van der Waals surface area contributed by atoms with Crippen molar-refractivity contribution >= 4 is 40.6 Å². The molecular formula is C13H9Cl3N2O3. The lowest BCUT2D eigenvalue weighted by molar-refractivity contribution is 0.318. The zero-order valence-electron chi connectivity index (χ0n) is 10.3. The number of hydrogen-bond acceptors (Lipinski definition) is 4. The fourth-order valence-corrected chi connectivity index (χ4v) is 2.25. The number of rotatable bonds is 3. The van der Waals surface area contributed by atoms with E-state index in [0.29, 0.717) is 5.02 Å². The summed E-state index contributed by atoms with van der Waals surface area (Å²) in [5, 5.41) is 22.2. The number of amidine groups is 1. The molecule has 21 heavy (non-hydrogen) atoms. The van der Waals surface area contributed by atoms with E-state index >= 15 is 0 Å². The second-order valence-electron chi connectivity index (χ2n) is 3.96. The molecule has 2 aromatic carbocycles. The number of benzene rings is 2. The second kappa shape index (κ2) is 6.30. The summed E-state index contributed by atoms with van der Waals surface area (Å²) in [7, 11) is 0. The number of oxime groups is 1. The SMILES string of the molecule is NC(=NO)c1cc(Oc2ccc(Cl)cc2Cl)c(O)cc1Cl. The minimum absolute atomic E-state index is 0.0465. The molecule has 2 rings (SSSR count). The van der Waals surface area contributed by atoms with Crippen LogP contribution in [0.1, 0.15) is 5.56 Å². The van der Waals surface area contributed by atoms with Gasteiger partial charge in [0.1, 0.15) is 5.75 Å². The van der Waals surface area contributed by atoms with Crippen molar-refractivity contribution in [2.45, 2.75) is 0 Å². The van der Waals surface area contributed by atoms with Crippen LogP contribution in [0.2, 0.25) is 15.1 Å². The summed E-state index contributed by atoms with van der Waals surface area (Å²) in [6.07, 6.45) is 0. The van der Waals surface area contributed by atoms with Gasteiger partial charge in [0.25, 0.3) is 0 Å². The molecular weight excluding hydrogens is 339 g/mol. The minimum atomic E-state index is -0.222. The summed E-state index contributed by atoms with van der Waals surface area (Å²) in [5.41, 5.74) is 5.70. The molecule has 0 heterocycles. The first-order valence-corrected chi connectivity index (χ1v) is 6.69. The van der Waals surface area contributed by atoms with Crippen LogP contribution >= 0.6 is 34.8 Å². The average Bonchev–Trinajstić information content (AvgIpc) is 2.43. The number of phenolic OH excluding ortho intramolecular Hbond substituents is 1. The molecule has 5 nitrogen and oxygen atoms in total. The fourth-order valence-electron chi connectivity index (χ4n) is 1.55. The summed E-state index contributed by atoms with van der Waals surface area (Å²) in [6, 6.07) is 7.17. The zero-order chi connectivity index (χ0) is 15.6. The van der Waals surface area contributed by atoms with Gasteiger partial charge in [0.15, 0.2) is 17.3 Å². The van der Waals surface area contributed by atoms with Gasteiger partial charge < -0.3 is 20.8 Å². The van der Waals surface area contributed by atoms with Gasteiger partial charge in [0, 0.05) is 16.7 Å². The maximum Gasteiger partial charge on any atom is 0.171 e. The molecule has 0 aromatic heterocycles. The monoisotopic (exact) mass is 346 g/mol. The Morgan fingerprint density at radius 3 is 2.38 bits per heavy atom. The Labute approximate surface area is 135 Å². The normalized spacial score (nSPS) is 11.5. The first-order valence-electron chi connectivity index (χ1n) is 5.55. The molecule has 8 heteroatoms. The summed E-state index contributed by atoms with van der Waals surface area (Å²) in [6.45, 7) is 0. The van der Waals surface area contributed by atoms with Crippen molar-refractivity contribution in [3.05, 3.63) is 51.0 Å². The largest absolute Gasteiger partial charge is 0.504 e. The summed E-state index contributed by atoms with van der Waals surface area (Å²) in [5.74, 6) is -0.109. The molecule has 110 valence electrons. The number of nitrogens with zero attached hydrogens (tertiary/aromatic N) is 1. The molecule has 0 aliphatic rings. The maximum atomic E-state index is 9.86. The topological polar surface area (TPSA) is 88.1 Å². The van der Waals surface area contributed by atoms with Gasteiger partial charge in [0.2, 0.25) is 0 Å². The van der Waals surface area contributed by atoms with Crippen LogP contribution in [-0.4, -0.2) is 16.1 Å². The molecule has 0 fully saturated rings. The van der Waals surface area contributed by atoms with Gasteiger partial charge in [-0.05, 0) is 24.3 Å². The third-order valence-electron chi connectivity index (χ3n) is 2.55. The van der Waals surface area contributed by atoms with Crippen molar-refractivity contribution in [2.75, 3.05) is 0 Å². The Bertz CT molecular complexity index is 720. The van der Waals surface area contributed by atoms with Crippen LogP contribution in [0.25, 0.3) is 0 Å². The highest BCUT2D eigenvalue weighted by molar-refractivity contribution is 6.35. The quantitative estimate of drug-likeness (QED) is 0.335. The van der Waals surface area contributed by atoms with E-state index in [2.05, 4.69) is 5.16 Å². The van der Waals surface area contributed by atoms with Crippen LogP contribution in [0.3, 0.4) is 0 Å². The highest BCUT2D eigenvalue weighted by atomic mass is 35.5. The summed E-state index contributed by atoms with van der Waals surface area (Å²) >= 11 is 17.7. The average molecular weight is 348 g/mol. The molecule has 0 unspecified atom stereocenters. The summed E-state index contributed by atoms with van der Waals surface area (Å²) in [4.78, 5) is 0. The lowest BCUT2D eigenvalue weighted by atomic mass is 10.2. The van der Waals surface area contributed by atoms with E-state index in [1.165, 1.54) is 18.2 Å². The maximum absolute atomic E-state index is 9.86. The Kier molecular flexibility index (Phi) is 4.67. The Morgan fingerprint density at radius 2 is 1.76 bits per heavy atom. The number of ether oxygens (including phenoxy) is 1. The smallest absolute Gasteiger partial charge is 0.171 e. The highest BCUT2D eigenvalue weighted by Crippen LogP contribution is 2.38. The van der Waals surface area contributed by atoms with E-state index in [0.717, 1.165) is 0 Å². The van der Waals surface area contributed by atoms with E-state index in [9.17, 15) is 5.11 Å². The van der Waals surface area contributed by atoms with Crippen molar-refractivity contribution in [2.24, 2.45) is 10.9 Å². The van der Waals surface area contributed by atoms with Gasteiger partial charge in [0.05, 0.1) is 10.0 Å². The standard InChI is InChI=1S/C13H9Cl3N2O3/c14-6-1-2-11(9(16)3-6)21-12-4-7(13(17)18-20)8(15)5-10(12)19/h1-5,19-20H,(H2,17,18). The molecule has 0 amide bonds. The molecule has 0 aliphatic heterocycles. The van der Waals surface area contributed by atoms with Crippen molar-refractivity contribution in [3.63, 3.8) is 0 Å². The molecule has 4 N–H and O–H groups in total. The Morgan fingerprint density at radius 1 is 1.05 bits per heavy atom. The van der Waals surface area contributed by atoms with Crippen molar-refractivity contribution in [1.82, 2.24) is 0 Å². The number of phenols is 1. The van der Waals surface area contributed by atoms with Crippen molar-refractivity contribution in [1.29, 1.82) is 0 Å². The van der Waals surface area contributed by atoms with Gasteiger partial charge in [-0.15, -0.1) is 0 Å². The van der Waals surface area contributed by atoms with Crippen LogP contribution in [0.15, 0.2) is 35.5 Å². The second-order valence-corrected chi connectivity index (χ2v) is 5.21. The van der Waals surface area contributed by atoms with Crippen LogP contribution < -0.4 is 10.5 Å². The number of hydrogen-bond donors (Lipinski definition) is 3. The molecule has 0 radical (unpaired) electrons. The third kappa shape index (κ3) is 3.44. The van der Waals surface area contributed by atoms with Crippen molar-refractivity contribution < 1.29 is 15.1 Å². The highest BCUT2D eigenvalue weighted by Gasteiger charge is 2.14. The predicted octanol–water partition coefficient (Wildman–Crippen LogP) is 4.24. The van der Waals surface area contributed by atoms with E-state index in [1.807, 2.05) is 0 Å². The van der Waals surface area contributed by atoms with Gasteiger partial charge in [-0.2, -0.15) is 0 Å². The van der Waals surface area contributed by atoms with Gasteiger partial charge in [-0.3, -0.25) is 0 Å². The van der Waals surface area contributed by atoms with Crippen LogP contribution in [0.4, 0.5) is 0 Å². The Hall–Kier alpha value is -1.82. The number of nitrogens with two attached hydrogens (primary N) is 1. The van der Waals surface area contributed by atoms with Gasteiger partial charge >= 0.3 is 0 Å². The van der Waals surface area contributed by atoms with E-state index < -0.39 is 0 Å².